The Morgan fingerprint density at radius 1 is 1.00 bits per heavy atom. The van der Waals surface area contributed by atoms with Crippen LogP contribution in [0.5, 0.6) is 5.75 Å². The number of aryl methyl sites for hydroxylation is 1. The highest BCUT2D eigenvalue weighted by atomic mass is 35.5. The number of benzene rings is 3. The Kier molecular flexibility index (Phi) is 11.6. The van der Waals surface area contributed by atoms with Crippen LogP contribution in [0.2, 0.25) is 5.02 Å². The van der Waals surface area contributed by atoms with Crippen molar-refractivity contribution in [2.75, 3.05) is 24.5 Å². The van der Waals surface area contributed by atoms with Crippen molar-refractivity contribution < 1.29 is 22.7 Å². The highest BCUT2D eigenvalue weighted by Gasteiger charge is 2.34. The minimum Gasteiger partial charge on any atom is -0.495 e. The Bertz CT molecular complexity index is 1420. The van der Waals surface area contributed by atoms with Gasteiger partial charge in [-0.15, -0.1) is 0 Å². The van der Waals surface area contributed by atoms with Gasteiger partial charge >= 0.3 is 0 Å². The van der Waals surface area contributed by atoms with Crippen molar-refractivity contribution in [1.29, 1.82) is 0 Å². The van der Waals surface area contributed by atoms with Crippen LogP contribution >= 0.6 is 11.6 Å². The summed E-state index contributed by atoms with van der Waals surface area (Å²) in [6, 6.07) is 19.3. The van der Waals surface area contributed by atoms with Crippen molar-refractivity contribution in [2.24, 2.45) is 0 Å². The normalized spacial score (nSPS) is 11.9. The van der Waals surface area contributed by atoms with Gasteiger partial charge < -0.3 is 15.0 Å². The lowest BCUT2D eigenvalue weighted by Crippen LogP contribution is -2.52. The Hall–Kier alpha value is -3.56. The van der Waals surface area contributed by atoms with Crippen LogP contribution in [0.1, 0.15) is 44.2 Å². The van der Waals surface area contributed by atoms with Gasteiger partial charge in [0.15, 0.2) is 0 Å². The van der Waals surface area contributed by atoms with E-state index in [4.69, 9.17) is 16.3 Å². The summed E-state index contributed by atoms with van der Waals surface area (Å²) in [5, 5.41) is 3.47. The van der Waals surface area contributed by atoms with Gasteiger partial charge in [0.2, 0.25) is 11.8 Å². The summed E-state index contributed by atoms with van der Waals surface area (Å²) in [5.41, 5.74) is 1.78. The maximum Gasteiger partial charge on any atom is 0.264 e. The van der Waals surface area contributed by atoms with Crippen molar-refractivity contribution in [3.63, 3.8) is 0 Å². The van der Waals surface area contributed by atoms with Gasteiger partial charge in [-0.2, -0.15) is 0 Å². The van der Waals surface area contributed by atoms with Crippen molar-refractivity contribution in [3.8, 4) is 5.75 Å². The number of hydrogen-bond acceptors (Lipinski definition) is 5. The Morgan fingerprint density at radius 2 is 1.68 bits per heavy atom. The molecule has 1 N–H and O–H groups in total. The Labute approximate surface area is 248 Å². The summed E-state index contributed by atoms with van der Waals surface area (Å²) in [5.74, 6) is -0.508. The highest BCUT2D eigenvalue weighted by Crippen LogP contribution is 2.33. The molecule has 0 bridgehead atoms. The number of sulfonamides is 1. The van der Waals surface area contributed by atoms with Gasteiger partial charge in [0.25, 0.3) is 10.0 Å². The molecule has 3 aromatic rings. The van der Waals surface area contributed by atoms with Crippen LogP contribution in [-0.4, -0.2) is 51.4 Å². The molecule has 0 radical (unpaired) electrons. The number of carbonyl (C=O) groups is 2. The summed E-state index contributed by atoms with van der Waals surface area (Å²) in [6.07, 6.45) is 2.06. The zero-order valence-electron chi connectivity index (χ0n) is 24.0. The standard InChI is InChI=1S/C31H38ClN3O5S/c1-5-7-19-33-31(37)27(6-2)34(21-24-14-16-25(32)17-15-24)30(36)22-35(28-20-23(3)13-18-29(28)40-4)41(38,39)26-11-9-8-10-12-26/h8-18,20,27H,5-7,19,21-22H2,1-4H3,(H,33,37)/t27-/m0/s1. The zero-order valence-corrected chi connectivity index (χ0v) is 25.5. The molecule has 10 heteroatoms. The van der Waals surface area contributed by atoms with Gasteiger partial charge in [0.1, 0.15) is 18.3 Å². The van der Waals surface area contributed by atoms with Crippen LogP contribution in [0.4, 0.5) is 5.69 Å². The quantitative estimate of drug-likeness (QED) is 0.244. The molecule has 220 valence electrons. The van der Waals surface area contributed by atoms with Crippen LogP contribution in [0.15, 0.2) is 77.7 Å². The second-order valence-electron chi connectivity index (χ2n) is 9.72. The smallest absolute Gasteiger partial charge is 0.264 e. The largest absolute Gasteiger partial charge is 0.495 e. The average molecular weight is 600 g/mol. The van der Waals surface area contributed by atoms with E-state index >= 15 is 0 Å². The van der Waals surface area contributed by atoms with E-state index in [1.54, 1.807) is 60.7 Å². The molecule has 0 aliphatic carbocycles. The van der Waals surface area contributed by atoms with Gasteiger partial charge in [-0.3, -0.25) is 13.9 Å². The third-order valence-corrected chi connectivity index (χ3v) is 8.72. The zero-order chi connectivity index (χ0) is 30.0. The number of nitrogens with one attached hydrogen (secondary N) is 1. The fourth-order valence-corrected chi connectivity index (χ4v) is 6.00. The number of halogens is 1. The van der Waals surface area contributed by atoms with Crippen LogP contribution in [-0.2, 0) is 26.2 Å². The number of methoxy groups -OCH3 is 1. The van der Waals surface area contributed by atoms with Crippen LogP contribution in [0.25, 0.3) is 0 Å². The van der Waals surface area contributed by atoms with Gasteiger partial charge in [-0.1, -0.05) is 68.3 Å². The molecule has 3 aromatic carbocycles. The first-order valence-corrected chi connectivity index (χ1v) is 15.5. The average Bonchev–Trinajstić information content (AvgIpc) is 2.97. The molecule has 0 heterocycles. The molecular weight excluding hydrogens is 562 g/mol. The minimum atomic E-state index is -4.19. The number of hydrogen-bond donors (Lipinski definition) is 1. The molecule has 0 aliphatic heterocycles. The molecule has 0 saturated carbocycles. The minimum absolute atomic E-state index is 0.0324. The molecule has 0 saturated heterocycles. The SMILES string of the molecule is CCCCNC(=O)[C@H](CC)N(Cc1ccc(Cl)cc1)C(=O)CN(c1cc(C)ccc1OC)S(=O)(=O)c1ccccc1. The molecule has 8 nitrogen and oxygen atoms in total. The highest BCUT2D eigenvalue weighted by molar-refractivity contribution is 7.92. The number of rotatable bonds is 14. The third-order valence-electron chi connectivity index (χ3n) is 6.69. The fraction of sp³-hybridized carbons (Fsp3) is 0.355. The molecule has 0 spiro atoms. The van der Waals surface area contributed by atoms with Crippen molar-refractivity contribution in [2.45, 2.75) is 57.5 Å². The molecule has 0 unspecified atom stereocenters. The van der Waals surface area contributed by atoms with Crippen LogP contribution in [0.3, 0.4) is 0 Å². The summed E-state index contributed by atoms with van der Waals surface area (Å²) < 4.78 is 34.6. The maximum atomic E-state index is 14.2. The number of unbranched alkanes of at least 4 members (excludes halogenated alkanes) is 1. The summed E-state index contributed by atoms with van der Waals surface area (Å²) in [6.45, 7) is 5.74. The molecule has 41 heavy (non-hydrogen) atoms. The summed E-state index contributed by atoms with van der Waals surface area (Å²) in [7, 11) is -2.74. The lowest BCUT2D eigenvalue weighted by Gasteiger charge is -2.33. The third kappa shape index (κ3) is 8.24. The van der Waals surface area contributed by atoms with Gasteiger partial charge in [0, 0.05) is 18.1 Å². The molecule has 0 fully saturated rings. The second-order valence-corrected chi connectivity index (χ2v) is 12.0. The Balaban J connectivity index is 2.08. The number of anilines is 1. The van der Waals surface area contributed by atoms with E-state index in [0.29, 0.717) is 23.7 Å². The first kappa shape index (κ1) is 32.0. The number of carbonyl (C=O) groups excluding carboxylic acids is 2. The van der Waals surface area contributed by atoms with Crippen LogP contribution in [0, 0.1) is 6.92 Å². The molecule has 1 atom stereocenters. The molecule has 2 amide bonds. The van der Waals surface area contributed by atoms with E-state index in [-0.39, 0.29) is 23.0 Å². The first-order chi connectivity index (χ1) is 19.6. The summed E-state index contributed by atoms with van der Waals surface area (Å²) >= 11 is 6.08. The predicted octanol–water partition coefficient (Wildman–Crippen LogP) is 5.58. The van der Waals surface area contributed by atoms with E-state index < -0.39 is 28.5 Å². The molecule has 0 aromatic heterocycles. The number of nitrogens with zero attached hydrogens (tertiary/aromatic N) is 2. The van der Waals surface area contributed by atoms with E-state index in [9.17, 15) is 18.0 Å². The fourth-order valence-electron chi connectivity index (χ4n) is 4.44. The summed E-state index contributed by atoms with van der Waals surface area (Å²) in [4.78, 5) is 28.9. The van der Waals surface area contributed by atoms with Crippen LogP contribution < -0.4 is 14.4 Å². The van der Waals surface area contributed by atoms with Gasteiger partial charge in [-0.25, -0.2) is 8.42 Å². The number of amides is 2. The van der Waals surface area contributed by atoms with Crippen molar-refractivity contribution in [1.82, 2.24) is 10.2 Å². The monoisotopic (exact) mass is 599 g/mol. The van der Waals surface area contributed by atoms with Gasteiger partial charge in [0.05, 0.1) is 17.7 Å². The second kappa shape index (κ2) is 14.9. The van der Waals surface area contributed by atoms with E-state index in [0.717, 1.165) is 28.3 Å². The number of ether oxygens (including phenoxy) is 1. The van der Waals surface area contributed by atoms with Gasteiger partial charge in [-0.05, 0) is 67.3 Å². The molecule has 0 aliphatic rings. The van der Waals surface area contributed by atoms with E-state index in [1.165, 1.54) is 24.1 Å². The molecule has 3 rings (SSSR count). The lowest BCUT2D eigenvalue weighted by molar-refractivity contribution is -0.140. The first-order valence-electron chi connectivity index (χ1n) is 13.7. The van der Waals surface area contributed by atoms with E-state index in [1.807, 2.05) is 20.8 Å². The lowest BCUT2D eigenvalue weighted by atomic mass is 10.1. The maximum absolute atomic E-state index is 14.2. The van der Waals surface area contributed by atoms with Crippen molar-refractivity contribution in [3.05, 3.63) is 88.9 Å². The molecular formula is C31H38ClN3O5S. The topological polar surface area (TPSA) is 96.0 Å². The predicted molar refractivity (Wildman–Crippen MR) is 163 cm³/mol. The Morgan fingerprint density at radius 3 is 2.29 bits per heavy atom. The van der Waals surface area contributed by atoms with Crippen molar-refractivity contribution >= 4 is 39.1 Å². The van der Waals surface area contributed by atoms with E-state index in [2.05, 4.69) is 5.32 Å².